The molecule has 0 fully saturated rings. The van der Waals surface area contributed by atoms with Gasteiger partial charge in [0.1, 0.15) is 0 Å². The average Bonchev–Trinajstić information content (AvgIpc) is 2.04. The van der Waals surface area contributed by atoms with Crippen molar-refractivity contribution in [1.29, 1.82) is 0 Å². The van der Waals surface area contributed by atoms with Crippen molar-refractivity contribution >= 4 is 17.6 Å². The van der Waals surface area contributed by atoms with E-state index in [4.69, 9.17) is 21.8 Å². The Morgan fingerprint density at radius 1 is 1.42 bits per heavy atom. The predicted molar refractivity (Wildman–Crippen MR) is 44.0 cm³/mol. The van der Waals surface area contributed by atoms with E-state index in [0.717, 1.165) is 0 Å². The summed E-state index contributed by atoms with van der Waals surface area (Å²) in [6, 6.07) is 6.29. The first-order chi connectivity index (χ1) is 5.63. The zero-order valence-electron chi connectivity index (χ0n) is 6.07. The first kappa shape index (κ1) is 9.03. The van der Waals surface area contributed by atoms with Crippen LogP contribution in [0.2, 0.25) is 5.02 Å². The van der Waals surface area contributed by atoms with Gasteiger partial charge in [-0.2, -0.15) is 0 Å². The van der Waals surface area contributed by atoms with E-state index in [1.807, 2.05) is 0 Å². The highest BCUT2D eigenvalue weighted by molar-refractivity contribution is 6.31. The zero-order valence-corrected chi connectivity index (χ0v) is 6.82. The highest BCUT2D eigenvalue weighted by Gasteiger charge is 2.17. The van der Waals surface area contributed by atoms with Crippen LogP contribution < -0.4 is 0 Å². The third kappa shape index (κ3) is 1.75. The van der Waals surface area contributed by atoms with Gasteiger partial charge in [0.15, 0.2) is 6.10 Å². The number of hydrogen-bond acceptors (Lipinski definition) is 2. The number of aliphatic carboxylic acids is 1. The molecule has 0 saturated heterocycles. The summed E-state index contributed by atoms with van der Waals surface area (Å²) in [4.78, 5) is 10.3. The highest BCUT2D eigenvalue weighted by Crippen LogP contribution is 2.22. The summed E-state index contributed by atoms with van der Waals surface area (Å²) in [5.74, 6) is -1.30. The molecule has 12 heavy (non-hydrogen) atoms. The summed E-state index contributed by atoms with van der Waals surface area (Å²) in [6.45, 7) is 0. The van der Waals surface area contributed by atoms with E-state index < -0.39 is 12.1 Å². The van der Waals surface area contributed by atoms with Gasteiger partial charge in [-0.05, 0) is 6.07 Å². The minimum atomic E-state index is -1.54. The molecule has 0 heterocycles. The fraction of sp³-hybridized carbons (Fsp3) is 0.125. The molecular weight excluding hydrogens is 180 g/mol. The van der Waals surface area contributed by atoms with E-state index in [-0.39, 0.29) is 10.6 Å². The molecule has 0 aliphatic carbocycles. The first-order valence-corrected chi connectivity index (χ1v) is 3.66. The molecule has 4 heteroatoms. The SMILES string of the molecule is O=C(O)[C@@H](O)c1ccccc1Cl. The third-order valence-electron chi connectivity index (χ3n) is 1.43. The fourth-order valence-corrected chi connectivity index (χ4v) is 1.07. The van der Waals surface area contributed by atoms with Gasteiger partial charge in [0.25, 0.3) is 0 Å². The smallest absolute Gasteiger partial charge is 0.337 e. The Bertz CT molecular complexity index is 298. The van der Waals surface area contributed by atoms with Crippen molar-refractivity contribution in [1.82, 2.24) is 0 Å². The summed E-state index contributed by atoms with van der Waals surface area (Å²) < 4.78 is 0. The number of aliphatic hydroxyl groups excluding tert-OH is 1. The number of carboxylic acids is 1. The van der Waals surface area contributed by atoms with Crippen LogP contribution in [0.3, 0.4) is 0 Å². The lowest BCUT2D eigenvalue weighted by Crippen LogP contribution is -2.10. The van der Waals surface area contributed by atoms with Gasteiger partial charge in [0.05, 0.1) is 0 Å². The van der Waals surface area contributed by atoms with Crippen LogP contribution in [0, 0.1) is 0 Å². The highest BCUT2D eigenvalue weighted by atomic mass is 35.5. The van der Waals surface area contributed by atoms with Crippen molar-refractivity contribution in [3.63, 3.8) is 0 Å². The molecule has 0 amide bonds. The van der Waals surface area contributed by atoms with Crippen molar-refractivity contribution in [2.24, 2.45) is 0 Å². The van der Waals surface area contributed by atoms with E-state index in [2.05, 4.69) is 0 Å². The molecule has 3 nitrogen and oxygen atoms in total. The van der Waals surface area contributed by atoms with Crippen molar-refractivity contribution in [2.45, 2.75) is 6.10 Å². The molecule has 0 aliphatic rings. The molecule has 0 spiro atoms. The predicted octanol–water partition coefficient (Wildman–Crippen LogP) is 1.46. The van der Waals surface area contributed by atoms with Crippen LogP contribution in [0.15, 0.2) is 24.3 Å². The Morgan fingerprint density at radius 3 is 2.50 bits per heavy atom. The van der Waals surface area contributed by atoms with Crippen molar-refractivity contribution in [3.05, 3.63) is 34.9 Å². The number of halogens is 1. The molecular formula is C8H7ClO3. The van der Waals surface area contributed by atoms with Crippen molar-refractivity contribution in [3.8, 4) is 0 Å². The summed E-state index contributed by atoms with van der Waals surface area (Å²) >= 11 is 5.64. The topological polar surface area (TPSA) is 57.5 Å². The Labute approximate surface area is 74.2 Å². The summed E-state index contributed by atoms with van der Waals surface area (Å²) in [5.41, 5.74) is 0.215. The molecule has 64 valence electrons. The number of carbonyl (C=O) groups is 1. The minimum absolute atomic E-state index is 0.215. The van der Waals surface area contributed by atoms with Gasteiger partial charge in [0, 0.05) is 10.6 Å². The van der Waals surface area contributed by atoms with Gasteiger partial charge in [-0.3, -0.25) is 0 Å². The van der Waals surface area contributed by atoms with Crippen LogP contribution in [-0.4, -0.2) is 16.2 Å². The lowest BCUT2D eigenvalue weighted by molar-refractivity contribution is -0.146. The fourth-order valence-electron chi connectivity index (χ4n) is 0.830. The maximum atomic E-state index is 10.3. The van der Waals surface area contributed by atoms with E-state index in [1.165, 1.54) is 12.1 Å². The molecule has 1 atom stereocenters. The third-order valence-corrected chi connectivity index (χ3v) is 1.78. The van der Waals surface area contributed by atoms with Crippen LogP contribution in [-0.2, 0) is 4.79 Å². The minimum Gasteiger partial charge on any atom is -0.479 e. The standard InChI is InChI=1S/C8H7ClO3/c9-6-4-2-1-3-5(6)7(10)8(11)12/h1-4,7,10H,(H,11,12)/t7-/m0/s1. The quantitative estimate of drug-likeness (QED) is 0.735. The first-order valence-electron chi connectivity index (χ1n) is 3.28. The number of hydrogen-bond donors (Lipinski definition) is 2. The van der Waals surface area contributed by atoms with Crippen molar-refractivity contribution < 1.29 is 15.0 Å². The largest absolute Gasteiger partial charge is 0.479 e. The number of benzene rings is 1. The van der Waals surface area contributed by atoms with E-state index in [9.17, 15) is 4.79 Å². The second kappa shape index (κ2) is 3.56. The second-order valence-corrected chi connectivity index (χ2v) is 2.67. The van der Waals surface area contributed by atoms with Crippen LogP contribution in [0.5, 0.6) is 0 Å². The van der Waals surface area contributed by atoms with Crippen LogP contribution in [0.4, 0.5) is 0 Å². The second-order valence-electron chi connectivity index (χ2n) is 2.26. The normalized spacial score (nSPS) is 12.5. The Morgan fingerprint density at radius 2 is 2.00 bits per heavy atom. The molecule has 2 N–H and O–H groups in total. The molecule has 0 unspecified atom stereocenters. The number of aliphatic hydroxyl groups is 1. The molecule has 0 aromatic heterocycles. The monoisotopic (exact) mass is 186 g/mol. The van der Waals surface area contributed by atoms with E-state index in [0.29, 0.717) is 0 Å². The van der Waals surface area contributed by atoms with Gasteiger partial charge < -0.3 is 10.2 Å². The Balaban J connectivity index is 3.02. The molecule has 0 saturated carbocycles. The van der Waals surface area contributed by atoms with Crippen molar-refractivity contribution in [2.75, 3.05) is 0 Å². The lowest BCUT2D eigenvalue weighted by atomic mass is 10.1. The molecule has 0 radical (unpaired) electrons. The van der Waals surface area contributed by atoms with Gasteiger partial charge in [-0.1, -0.05) is 29.8 Å². The Kier molecular flexibility index (Phi) is 2.68. The van der Waals surface area contributed by atoms with E-state index in [1.54, 1.807) is 12.1 Å². The molecule has 1 rings (SSSR count). The molecule has 0 aliphatic heterocycles. The lowest BCUT2D eigenvalue weighted by Gasteiger charge is -2.06. The molecule has 1 aromatic carbocycles. The maximum absolute atomic E-state index is 10.3. The summed E-state index contributed by atoms with van der Waals surface area (Å²) in [7, 11) is 0. The van der Waals surface area contributed by atoms with Gasteiger partial charge >= 0.3 is 5.97 Å². The maximum Gasteiger partial charge on any atom is 0.337 e. The zero-order chi connectivity index (χ0) is 9.14. The number of rotatable bonds is 2. The average molecular weight is 187 g/mol. The molecule has 0 bridgehead atoms. The van der Waals surface area contributed by atoms with Gasteiger partial charge in [0.2, 0.25) is 0 Å². The Hall–Kier alpha value is -1.06. The summed E-state index contributed by atoms with van der Waals surface area (Å²) in [5, 5.41) is 17.8. The van der Waals surface area contributed by atoms with Crippen LogP contribution in [0.1, 0.15) is 11.7 Å². The van der Waals surface area contributed by atoms with Crippen LogP contribution in [0.25, 0.3) is 0 Å². The van der Waals surface area contributed by atoms with Gasteiger partial charge in [-0.25, -0.2) is 4.79 Å². The summed E-state index contributed by atoms with van der Waals surface area (Å²) in [6.07, 6.45) is -1.54. The van der Waals surface area contributed by atoms with Gasteiger partial charge in [-0.15, -0.1) is 0 Å². The van der Waals surface area contributed by atoms with Crippen LogP contribution >= 0.6 is 11.6 Å². The van der Waals surface area contributed by atoms with E-state index >= 15 is 0 Å². The number of carboxylic acid groups (broad SMARTS) is 1. The molecule has 1 aromatic rings.